The van der Waals surface area contributed by atoms with E-state index in [1.165, 1.54) is 32.1 Å². The van der Waals surface area contributed by atoms with Gasteiger partial charge in [-0.3, -0.25) is 4.21 Å². The molecule has 0 aromatic carbocycles. The molecular weight excluding hydrogens is 270 g/mol. The first-order chi connectivity index (χ1) is 9.72. The minimum atomic E-state index is -0.595. The van der Waals surface area contributed by atoms with Crippen LogP contribution in [-0.4, -0.2) is 31.3 Å². The molecule has 0 spiro atoms. The van der Waals surface area contributed by atoms with Gasteiger partial charge >= 0.3 is 0 Å². The van der Waals surface area contributed by atoms with Gasteiger partial charge in [0, 0.05) is 40.6 Å². The molecule has 2 fully saturated rings. The molecule has 0 bridgehead atoms. The molecule has 1 saturated heterocycles. The third-order valence-electron chi connectivity index (χ3n) is 4.54. The van der Waals surface area contributed by atoms with Gasteiger partial charge in [0.05, 0.1) is 5.69 Å². The standard InChI is InChI=1S/C15H25N3OS/c1-12-11-18(14-7-9-20(19)10-8-14)15(16-12)17-13-5-3-2-4-6-13/h11,13-14H,2-10H2,1H3,(H,16,17). The van der Waals surface area contributed by atoms with Crippen molar-refractivity contribution in [2.24, 2.45) is 0 Å². The number of hydrogen-bond acceptors (Lipinski definition) is 3. The topological polar surface area (TPSA) is 46.9 Å². The summed E-state index contributed by atoms with van der Waals surface area (Å²) in [4.78, 5) is 4.67. The van der Waals surface area contributed by atoms with Crippen LogP contribution in [0.15, 0.2) is 6.20 Å². The van der Waals surface area contributed by atoms with Crippen LogP contribution in [0, 0.1) is 6.92 Å². The molecule has 5 heteroatoms. The Bertz CT molecular complexity index is 469. The van der Waals surface area contributed by atoms with Gasteiger partial charge in [-0.05, 0) is 32.6 Å². The summed E-state index contributed by atoms with van der Waals surface area (Å²) in [7, 11) is -0.595. The highest BCUT2D eigenvalue weighted by atomic mass is 32.2. The highest BCUT2D eigenvalue weighted by Crippen LogP contribution is 2.28. The van der Waals surface area contributed by atoms with Crippen molar-refractivity contribution >= 4 is 16.7 Å². The zero-order valence-electron chi connectivity index (χ0n) is 12.3. The highest BCUT2D eigenvalue weighted by molar-refractivity contribution is 7.85. The summed E-state index contributed by atoms with van der Waals surface area (Å²) in [5, 5.41) is 3.65. The van der Waals surface area contributed by atoms with Crippen LogP contribution in [-0.2, 0) is 10.8 Å². The van der Waals surface area contributed by atoms with Crippen LogP contribution in [0.5, 0.6) is 0 Å². The van der Waals surface area contributed by atoms with Gasteiger partial charge in [-0.1, -0.05) is 19.3 Å². The molecule has 1 aliphatic heterocycles. The third-order valence-corrected chi connectivity index (χ3v) is 5.92. The summed E-state index contributed by atoms with van der Waals surface area (Å²) >= 11 is 0. The van der Waals surface area contributed by atoms with Gasteiger partial charge in [0.1, 0.15) is 0 Å². The van der Waals surface area contributed by atoms with Crippen LogP contribution in [0.3, 0.4) is 0 Å². The van der Waals surface area contributed by atoms with Crippen molar-refractivity contribution in [3.8, 4) is 0 Å². The van der Waals surface area contributed by atoms with E-state index in [-0.39, 0.29) is 0 Å². The second-order valence-corrected chi connectivity index (χ2v) is 7.87. The predicted molar refractivity (Wildman–Crippen MR) is 83.6 cm³/mol. The van der Waals surface area contributed by atoms with E-state index in [1.54, 1.807) is 0 Å². The molecule has 0 atom stereocenters. The monoisotopic (exact) mass is 295 g/mol. The maximum atomic E-state index is 11.5. The first kappa shape index (κ1) is 14.1. The van der Waals surface area contributed by atoms with E-state index in [0.717, 1.165) is 36.0 Å². The van der Waals surface area contributed by atoms with Gasteiger partial charge < -0.3 is 9.88 Å². The number of hydrogen-bond donors (Lipinski definition) is 1. The fourth-order valence-corrected chi connectivity index (χ4v) is 4.66. The summed E-state index contributed by atoms with van der Waals surface area (Å²) in [6.07, 6.45) is 10.8. The van der Waals surface area contributed by atoms with Gasteiger partial charge in [-0.2, -0.15) is 0 Å². The molecule has 2 heterocycles. The first-order valence-corrected chi connectivity index (χ1v) is 9.38. The smallest absolute Gasteiger partial charge is 0.203 e. The number of rotatable bonds is 3. The average Bonchev–Trinajstić information content (AvgIpc) is 2.81. The van der Waals surface area contributed by atoms with E-state index < -0.39 is 10.8 Å². The Morgan fingerprint density at radius 3 is 2.60 bits per heavy atom. The minimum Gasteiger partial charge on any atom is -0.353 e. The summed E-state index contributed by atoms with van der Waals surface area (Å²) in [5.41, 5.74) is 1.08. The highest BCUT2D eigenvalue weighted by Gasteiger charge is 2.23. The van der Waals surface area contributed by atoms with Gasteiger partial charge in [0.15, 0.2) is 0 Å². The molecule has 1 aromatic heterocycles. The van der Waals surface area contributed by atoms with E-state index >= 15 is 0 Å². The van der Waals surface area contributed by atoms with Crippen molar-refractivity contribution in [3.05, 3.63) is 11.9 Å². The molecule has 2 aliphatic rings. The molecule has 1 aromatic rings. The molecule has 0 radical (unpaired) electrons. The Morgan fingerprint density at radius 1 is 1.20 bits per heavy atom. The molecule has 112 valence electrons. The number of nitrogens with zero attached hydrogens (tertiary/aromatic N) is 2. The largest absolute Gasteiger partial charge is 0.353 e. The molecule has 1 N–H and O–H groups in total. The number of nitrogens with one attached hydrogen (secondary N) is 1. The van der Waals surface area contributed by atoms with Crippen LogP contribution in [0.4, 0.5) is 5.95 Å². The molecule has 0 amide bonds. The van der Waals surface area contributed by atoms with Crippen LogP contribution < -0.4 is 5.32 Å². The summed E-state index contributed by atoms with van der Waals surface area (Å²) in [6, 6.07) is 1.06. The van der Waals surface area contributed by atoms with Crippen LogP contribution in [0.25, 0.3) is 0 Å². The average molecular weight is 295 g/mol. The summed E-state index contributed by atoms with van der Waals surface area (Å²) < 4.78 is 13.8. The molecule has 1 saturated carbocycles. The second kappa shape index (κ2) is 6.29. The Balaban J connectivity index is 1.72. The number of aromatic nitrogens is 2. The zero-order valence-corrected chi connectivity index (χ0v) is 13.1. The lowest BCUT2D eigenvalue weighted by Gasteiger charge is -2.27. The van der Waals surface area contributed by atoms with Gasteiger partial charge in [0.2, 0.25) is 5.95 Å². The first-order valence-electron chi connectivity index (χ1n) is 7.89. The number of imidazole rings is 1. The zero-order chi connectivity index (χ0) is 13.9. The maximum Gasteiger partial charge on any atom is 0.203 e. The summed E-state index contributed by atoms with van der Waals surface area (Å²) in [6.45, 7) is 2.06. The third kappa shape index (κ3) is 3.25. The van der Waals surface area contributed by atoms with Gasteiger partial charge in [0.25, 0.3) is 0 Å². The van der Waals surface area contributed by atoms with E-state index in [0.29, 0.717) is 12.1 Å². The summed E-state index contributed by atoms with van der Waals surface area (Å²) in [5.74, 6) is 2.71. The van der Waals surface area contributed by atoms with Crippen LogP contribution >= 0.6 is 0 Å². The molecule has 3 rings (SSSR count). The lowest BCUT2D eigenvalue weighted by Crippen LogP contribution is -2.27. The van der Waals surface area contributed by atoms with Crippen LogP contribution in [0.1, 0.15) is 56.7 Å². The van der Waals surface area contributed by atoms with Crippen molar-refractivity contribution in [2.45, 2.75) is 64.0 Å². The minimum absolute atomic E-state index is 0.472. The van der Waals surface area contributed by atoms with Gasteiger partial charge in [-0.25, -0.2) is 4.98 Å². The van der Waals surface area contributed by atoms with Crippen molar-refractivity contribution in [1.82, 2.24) is 9.55 Å². The van der Waals surface area contributed by atoms with Crippen molar-refractivity contribution in [3.63, 3.8) is 0 Å². The number of aryl methyl sites for hydroxylation is 1. The Morgan fingerprint density at radius 2 is 1.90 bits per heavy atom. The molecular formula is C15H25N3OS. The predicted octanol–water partition coefficient (Wildman–Crippen LogP) is 3.02. The van der Waals surface area contributed by atoms with Gasteiger partial charge in [-0.15, -0.1) is 0 Å². The van der Waals surface area contributed by atoms with Crippen molar-refractivity contribution in [1.29, 1.82) is 0 Å². The lowest BCUT2D eigenvalue weighted by molar-refractivity contribution is 0.442. The fourth-order valence-electron chi connectivity index (χ4n) is 3.39. The van der Waals surface area contributed by atoms with E-state index in [9.17, 15) is 4.21 Å². The molecule has 4 nitrogen and oxygen atoms in total. The SMILES string of the molecule is Cc1cn(C2CCS(=O)CC2)c(NC2CCCCC2)n1. The normalized spacial score (nSPS) is 28.4. The molecule has 20 heavy (non-hydrogen) atoms. The Labute approximate surface area is 123 Å². The number of anilines is 1. The van der Waals surface area contributed by atoms with Crippen molar-refractivity contribution in [2.75, 3.05) is 16.8 Å². The van der Waals surface area contributed by atoms with Crippen LogP contribution in [0.2, 0.25) is 0 Å². The Hall–Kier alpha value is -0.840. The quantitative estimate of drug-likeness (QED) is 0.932. The van der Waals surface area contributed by atoms with E-state index in [1.807, 2.05) is 0 Å². The molecule has 0 unspecified atom stereocenters. The lowest BCUT2D eigenvalue weighted by atomic mass is 9.96. The fraction of sp³-hybridized carbons (Fsp3) is 0.800. The Kier molecular flexibility index (Phi) is 4.44. The second-order valence-electron chi connectivity index (χ2n) is 6.17. The van der Waals surface area contributed by atoms with E-state index in [4.69, 9.17) is 0 Å². The van der Waals surface area contributed by atoms with E-state index in [2.05, 4.69) is 28.0 Å². The molecule has 1 aliphatic carbocycles. The van der Waals surface area contributed by atoms with Crippen molar-refractivity contribution < 1.29 is 4.21 Å². The maximum absolute atomic E-state index is 11.5.